The van der Waals surface area contributed by atoms with Crippen molar-refractivity contribution in [3.63, 3.8) is 0 Å². The molecular weight excluding hydrogens is 375 g/mol. The van der Waals surface area contributed by atoms with Crippen LogP contribution in [0.3, 0.4) is 0 Å². The van der Waals surface area contributed by atoms with Crippen molar-refractivity contribution < 1.29 is 0 Å². The lowest BCUT2D eigenvalue weighted by molar-refractivity contribution is 0.978. The van der Waals surface area contributed by atoms with Crippen LogP contribution in [-0.4, -0.2) is 9.55 Å². The van der Waals surface area contributed by atoms with Gasteiger partial charge in [-0.25, -0.2) is 4.98 Å². The number of rotatable bonds is 3. The fourth-order valence-electron chi connectivity index (χ4n) is 3.31. The van der Waals surface area contributed by atoms with Crippen LogP contribution in [0.5, 0.6) is 0 Å². The number of halogens is 2. The molecule has 0 saturated heterocycles. The van der Waals surface area contributed by atoms with Crippen molar-refractivity contribution in [2.24, 2.45) is 0 Å². The van der Waals surface area contributed by atoms with E-state index >= 15 is 0 Å². The molecule has 0 N–H and O–H groups in total. The van der Waals surface area contributed by atoms with Gasteiger partial charge in [0.1, 0.15) is 5.82 Å². The van der Waals surface area contributed by atoms with Crippen molar-refractivity contribution in [2.45, 2.75) is 13.8 Å². The first-order valence-corrected chi connectivity index (χ1v) is 9.48. The van der Waals surface area contributed by atoms with Gasteiger partial charge in [0, 0.05) is 11.1 Å². The number of aromatic nitrogens is 2. The summed E-state index contributed by atoms with van der Waals surface area (Å²) in [4.78, 5) is 4.89. The molecule has 0 unspecified atom stereocenters. The van der Waals surface area contributed by atoms with Crippen molar-refractivity contribution in [2.75, 3.05) is 0 Å². The summed E-state index contributed by atoms with van der Waals surface area (Å²) < 4.78 is 2.06. The van der Waals surface area contributed by atoms with Crippen molar-refractivity contribution in [1.82, 2.24) is 9.55 Å². The smallest absolute Gasteiger partial charge is 0.111 e. The molecule has 2 nitrogen and oxygen atoms in total. The fraction of sp³-hybridized carbons (Fsp3) is 0.0870. The minimum Gasteiger partial charge on any atom is -0.293 e. The SMILES string of the molecule is Cc1ccc(Cl)c(-n2c(C)nc(-c3ccccc3)c2-c2ccccc2)c1Cl. The Morgan fingerprint density at radius 1 is 0.741 bits per heavy atom. The van der Waals surface area contributed by atoms with Gasteiger partial charge in [0.05, 0.1) is 27.1 Å². The molecule has 0 atom stereocenters. The maximum Gasteiger partial charge on any atom is 0.111 e. The predicted molar refractivity (Wildman–Crippen MR) is 114 cm³/mol. The number of imidazole rings is 1. The zero-order valence-corrected chi connectivity index (χ0v) is 16.6. The third-order valence-corrected chi connectivity index (χ3v) is 5.41. The van der Waals surface area contributed by atoms with Crippen LogP contribution in [-0.2, 0) is 0 Å². The molecule has 0 amide bonds. The Hall–Kier alpha value is -2.55. The second-order valence-electron chi connectivity index (χ2n) is 6.45. The molecule has 4 rings (SSSR count). The summed E-state index contributed by atoms with van der Waals surface area (Å²) in [5.41, 5.74) is 5.75. The highest BCUT2D eigenvalue weighted by molar-refractivity contribution is 6.38. The van der Waals surface area contributed by atoms with E-state index in [2.05, 4.69) is 28.8 Å². The van der Waals surface area contributed by atoms with Gasteiger partial charge in [-0.2, -0.15) is 0 Å². The van der Waals surface area contributed by atoms with Gasteiger partial charge >= 0.3 is 0 Å². The lowest BCUT2D eigenvalue weighted by atomic mass is 10.0. The molecule has 4 aromatic rings. The van der Waals surface area contributed by atoms with Crippen LogP contribution in [0.25, 0.3) is 28.2 Å². The average Bonchev–Trinajstić information content (AvgIpc) is 3.04. The number of nitrogens with zero attached hydrogens (tertiary/aromatic N) is 2. The van der Waals surface area contributed by atoms with Gasteiger partial charge in [0.15, 0.2) is 0 Å². The molecule has 0 saturated carbocycles. The van der Waals surface area contributed by atoms with Gasteiger partial charge in [-0.3, -0.25) is 4.57 Å². The maximum atomic E-state index is 6.69. The van der Waals surface area contributed by atoms with E-state index in [0.717, 1.165) is 39.6 Å². The summed E-state index contributed by atoms with van der Waals surface area (Å²) in [7, 11) is 0. The zero-order valence-electron chi connectivity index (χ0n) is 15.1. The van der Waals surface area contributed by atoms with Gasteiger partial charge in [-0.1, -0.05) is 89.9 Å². The molecule has 0 spiro atoms. The largest absolute Gasteiger partial charge is 0.293 e. The zero-order chi connectivity index (χ0) is 19.0. The normalized spacial score (nSPS) is 11.0. The quantitative estimate of drug-likeness (QED) is 0.362. The fourth-order valence-corrected chi connectivity index (χ4v) is 3.85. The van der Waals surface area contributed by atoms with E-state index in [1.807, 2.05) is 62.4 Å². The van der Waals surface area contributed by atoms with Crippen LogP contribution in [0.4, 0.5) is 0 Å². The highest BCUT2D eigenvalue weighted by Crippen LogP contribution is 2.40. The predicted octanol–water partition coefficient (Wildman–Crippen LogP) is 7.13. The minimum absolute atomic E-state index is 0.600. The topological polar surface area (TPSA) is 17.8 Å². The Morgan fingerprint density at radius 3 is 1.96 bits per heavy atom. The summed E-state index contributed by atoms with van der Waals surface area (Å²) in [5.74, 6) is 0.835. The van der Waals surface area contributed by atoms with E-state index in [0.29, 0.717) is 10.0 Å². The molecule has 0 aliphatic heterocycles. The third-order valence-electron chi connectivity index (χ3n) is 4.62. The van der Waals surface area contributed by atoms with Crippen molar-refractivity contribution in [1.29, 1.82) is 0 Å². The highest BCUT2D eigenvalue weighted by Gasteiger charge is 2.22. The molecule has 3 aromatic carbocycles. The Kier molecular flexibility index (Phi) is 4.77. The van der Waals surface area contributed by atoms with Crippen LogP contribution < -0.4 is 0 Å². The first-order chi connectivity index (χ1) is 13.1. The second kappa shape index (κ2) is 7.22. The van der Waals surface area contributed by atoms with Crippen LogP contribution in [0.15, 0.2) is 72.8 Å². The van der Waals surface area contributed by atoms with Gasteiger partial charge in [0.2, 0.25) is 0 Å². The lowest BCUT2D eigenvalue weighted by Crippen LogP contribution is -2.02. The van der Waals surface area contributed by atoms with E-state index in [1.54, 1.807) is 0 Å². The first kappa shape index (κ1) is 17.8. The molecule has 27 heavy (non-hydrogen) atoms. The van der Waals surface area contributed by atoms with Crippen molar-refractivity contribution in [3.8, 4) is 28.2 Å². The minimum atomic E-state index is 0.600. The second-order valence-corrected chi connectivity index (χ2v) is 7.24. The number of hydrogen-bond acceptors (Lipinski definition) is 1. The maximum absolute atomic E-state index is 6.69. The molecule has 0 bridgehead atoms. The van der Waals surface area contributed by atoms with E-state index < -0.39 is 0 Å². The van der Waals surface area contributed by atoms with E-state index in [-0.39, 0.29) is 0 Å². The molecule has 0 aliphatic rings. The van der Waals surface area contributed by atoms with Gasteiger partial charge < -0.3 is 0 Å². The highest BCUT2D eigenvalue weighted by atomic mass is 35.5. The van der Waals surface area contributed by atoms with E-state index in [1.165, 1.54) is 0 Å². The number of hydrogen-bond donors (Lipinski definition) is 0. The Balaban J connectivity index is 2.10. The van der Waals surface area contributed by atoms with Crippen molar-refractivity contribution >= 4 is 23.2 Å². The number of benzene rings is 3. The summed E-state index contributed by atoms with van der Waals surface area (Å²) in [6, 6.07) is 24.2. The van der Waals surface area contributed by atoms with E-state index in [4.69, 9.17) is 28.2 Å². The molecule has 0 radical (unpaired) electrons. The average molecular weight is 393 g/mol. The summed E-state index contributed by atoms with van der Waals surface area (Å²) >= 11 is 13.3. The molecule has 134 valence electrons. The Bertz CT molecular complexity index is 1100. The number of aryl methyl sites for hydroxylation is 2. The Morgan fingerprint density at radius 2 is 1.33 bits per heavy atom. The standard InChI is InChI=1S/C23H18Cl2N2/c1-15-13-14-19(24)23(20(15)25)27-16(2)26-21(17-9-5-3-6-10-17)22(27)18-11-7-4-8-12-18/h3-14H,1-2H3. The van der Waals surface area contributed by atoms with Crippen LogP contribution >= 0.6 is 23.2 Å². The van der Waals surface area contributed by atoms with Gasteiger partial charge in [-0.05, 0) is 25.5 Å². The van der Waals surface area contributed by atoms with Crippen molar-refractivity contribution in [3.05, 3.63) is 94.2 Å². The van der Waals surface area contributed by atoms with E-state index in [9.17, 15) is 0 Å². The van der Waals surface area contributed by atoms with Gasteiger partial charge in [-0.15, -0.1) is 0 Å². The van der Waals surface area contributed by atoms with Crippen LogP contribution in [0, 0.1) is 13.8 Å². The monoisotopic (exact) mass is 392 g/mol. The summed E-state index contributed by atoms with van der Waals surface area (Å²) in [5, 5.41) is 1.24. The molecule has 0 fully saturated rings. The van der Waals surface area contributed by atoms with Crippen LogP contribution in [0.1, 0.15) is 11.4 Å². The molecule has 1 aromatic heterocycles. The third kappa shape index (κ3) is 3.16. The van der Waals surface area contributed by atoms with Gasteiger partial charge in [0.25, 0.3) is 0 Å². The summed E-state index contributed by atoms with van der Waals surface area (Å²) in [6.07, 6.45) is 0. The first-order valence-electron chi connectivity index (χ1n) is 8.73. The lowest BCUT2D eigenvalue weighted by Gasteiger charge is -2.16. The molecule has 4 heteroatoms. The summed E-state index contributed by atoms with van der Waals surface area (Å²) in [6.45, 7) is 3.96. The van der Waals surface area contributed by atoms with Crippen LogP contribution in [0.2, 0.25) is 10.0 Å². The molecule has 0 aliphatic carbocycles. The Labute approximate surface area is 169 Å². The molecule has 1 heterocycles. The molecular formula is C23H18Cl2N2.